The van der Waals surface area contributed by atoms with Crippen molar-refractivity contribution in [2.75, 3.05) is 39.3 Å². The van der Waals surface area contributed by atoms with E-state index in [4.69, 9.17) is 10.5 Å². The molecule has 0 radical (unpaired) electrons. The largest absolute Gasteiger partial charge is 0.465 e. The van der Waals surface area contributed by atoms with Gasteiger partial charge in [0, 0.05) is 21.1 Å². The average molecular weight is 453 g/mol. The summed E-state index contributed by atoms with van der Waals surface area (Å²) in [7, 11) is 1.74. The third kappa shape index (κ3) is 2.72. The summed E-state index contributed by atoms with van der Waals surface area (Å²) in [6, 6.07) is 1.37. The first kappa shape index (κ1) is 17.7. The highest BCUT2D eigenvalue weighted by atomic mass is 127. The monoisotopic (exact) mass is 453 g/mol. The number of carbonyl (C=O) groups is 1. The molecule has 0 aliphatic heterocycles. The fourth-order valence-electron chi connectivity index (χ4n) is 2.00. The Hall–Kier alpha value is -1.60. The molecule has 1 aromatic heterocycles. The predicted octanol–water partition coefficient (Wildman–Crippen LogP) is 0.706. The minimum atomic E-state index is -3.85. The zero-order chi connectivity index (χ0) is 17.5. The highest BCUT2D eigenvalue weighted by Gasteiger charge is 2.27. The van der Waals surface area contributed by atoms with Crippen LogP contribution < -0.4 is 11.1 Å². The molecule has 1 heterocycles. The first-order chi connectivity index (χ1) is 10.7. The molecule has 0 spiro atoms. The van der Waals surface area contributed by atoms with Crippen molar-refractivity contribution in [3.05, 3.63) is 15.2 Å². The van der Waals surface area contributed by atoms with Crippen molar-refractivity contribution in [2.24, 2.45) is 0 Å². The third-order valence-electron chi connectivity index (χ3n) is 3.21. The van der Waals surface area contributed by atoms with Gasteiger partial charge in [-0.1, -0.05) is 0 Å². The number of hydrogen-bond acceptors (Lipinski definition) is 7. The number of esters is 1. The quantitative estimate of drug-likeness (QED) is 0.398. The number of rotatable bonds is 4. The Kier molecular flexibility index (Phi) is 4.73. The number of benzene rings is 1. The van der Waals surface area contributed by atoms with Crippen LogP contribution in [0.4, 0.5) is 11.6 Å². The first-order valence-electron chi connectivity index (χ1n) is 6.36. The number of nitrogen functional groups attached to an aromatic ring is 1. The van der Waals surface area contributed by atoms with Crippen LogP contribution in [-0.2, 0) is 14.9 Å². The van der Waals surface area contributed by atoms with Crippen LogP contribution in [0, 0.1) is 3.57 Å². The summed E-state index contributed by atoms with van der Waals surface area (Å²) < 4.78 is 32.4. The molecule has 3 N–H and O–H groups in total. The van der Waals surface area contributed by atoms with E-state index >= 15 is 0 Å². The molecule has 0 amide bonds. The summed E-state index contributed by atoms with van der Waals surface area (Å²) in [5.41, 5.74) is 6.85. The number of hydrogen-bond donors (Lipinski definition) is 2. The van der Waals surface area contributed by atoms with Gasteiger partial charge in [-0.2, -0.15) is 16.7 Å². The maximum Gasteiger partial charge on any atom is 0.340 e. The third-order valence-corrected chi connectivity index (χ3v) is 6.05. The topological polar surface area (TPSA) is 120 Å². The van der Waals surface area contributed by atoms with Gasteiger partial charge >= 0.3 is 16.2 Å². The van der Waals surface area contributed by atoms with Crippen LogP contribution in [0.5, 0.6) is 0 Å². The maximum atomic E-state index is 12.6. The van der Waals surface area contributed by atoms with Crippen molar-refractivity contribution in [3.63, 3.8) is 0 Å². The molecule has 0 saturated heterocycles. The van der Waals surface area contributed by atoms with E-state index in [2.05, 4.69) is 10.3 Å². The zero-order valence-electron chi connectivity index (χ0n) is 12.9. The summed E-state index contributed by atoms with van der Waals surface area (Å²) in [6.07, 6.45) is 0. The Labute approximate surface area is 147 Å². The molecule has 126 valence electrons. The molecule has 9 nitrogen and oxygen atoms in total. The van der Waals surface area contributed by atoms with Crippen molar-refractivity contribution in [2.45, 2.75) is 0 Å². The lowest BCUT2D eigenvalue weighted by Gasteiger charge is -2.15. The normalized spacial score (nSPS) is 11.9. The maximum absolute atomic E-state index is 12.6. The highest BCUT2D eigenvalue weighted by molar-refractivity contribution is 14.1. The Bertz CT molecular complexity index is 891. The van der Waals surface area contributed by atoms with E-state index in [0.29, 0.717) is 9.09 Å². The number of fused-ring (bicyclic) bond motifs is 1. The first-order valence-corrected chi connectivity index (χ1v) is 8.83. The van der Waals surface area contributed by atoms with Gasteiger partial charge in [-0.15, -0.1) is 0 Å². The minimum absolute atomic E-state index is 0.0853. The summed E-state index contributed by atoms with van der Waals surface area (Å²) in [6.45, 7) is 0. The van der Waals surface area contributed by atoms with Gasteiger partial charge in [-0.3, -0.25) is 0 Å². The molecular weight excluding hydrogens is 437 g/mol. The number of nitrogens with two attached hydrogens (primary N) is 1. The average Bonchev–Trinajstić information content (AvgIpc) is 2.89. The van der Waals surface area contributed by atoms with Crippen molar-refractivity contribution in [3.8, 4) is 0 Å². The minimum Gasteiger partial charge on any atom is -0.465 e. The number of halogens is 1. The molecule has 0 aliphatic carbocycles. The van der Waals surface area contributed by atoms with Gasteiger partial charge in [0.05, 0.1) is 27.4 Å². The van der Waals surface area contributed by atoms with E-state index in [1.54, 1.807) is 7.05 Å². The van der Waals surface area contributed by atoms with Gasteiger partial charge in [0.1, 0.15) is 5.52 Å². The van der Waals surface area contributed by atoms with Crippen molar-refractivity contribution in [1.29, 1.82) is 0 Å². The number of carbonyl (C=O) groups excluding carboxylic acids is 1. The molecule has 23 heavy (non-hydrogen) atoms. The van der Waals surface area contributed by atoms with Crippen molar-refractivity contribution < 1.29 is 17.9 Å². The van der Waals surface area contributed by atoms with Gasteiger partial charge in [0.25, 0.3) is 0 Å². The number of imidazole rings is 1. The van der Waals surface area contributed by atoms with E-state index < -0.39 is 16.2 Å². The van der Waals surface area contributed by atoms with Crippen LogP contribution in [0.1, 0.15) is 10.4 Å². The number of aromatic nitrogens is 2. The molecule has 0 saturated carbocycles. The van der Waals surface area contributed by atoms with E-state index in [1.165, 1.54) is 27.3 Å². The molecule has 0 fully saturated rings. The van der Waals surface area contributed by atoms with E-state index in [9.17, 15) is 13.2 Å². The summed E-state index contributed by atoms with van der Waals surface area (Å²) in [4.78, 5) is 16.2. The van der Waals surface area contributed by atoms with Crippen LogP contribution >= 0.6 is 22.6 Å². The van der Waals surface area contributed by atoms with Crippen LogP contribution in [0.2, 0.25) is 0 Å². The fraction of sp³-hybridized carbons (Fsp3) is 0.333. The lowest BCUT2D eigenvalue weighted by Crippen LogP contribution is -2.29. The fourth-order valence-corrected chi connectivity index (χ4v) is 3.75. The van der Waals surface area contributed by atoms with Gasteiger partial charge in [-0.05, 0) is 28.7 Å². The van der Waals surface area contributed by atoms with E-state index in [1.807, 2.05) is 22.6 Å². The Morgan fingerprint density at radius 1 is 1.48 bits per heavy atom. The standard InChI is InChI=1S/C12H16IN5O4S/c1-15-12-16-10-7(18(12)23(20,21)17(2)3)5-6(11(19)22-4)9(14)8(10)13/h5H,14H2,1-4H3,(H,15,16). The number of nitrogens with zero attached hydrogens (tertiary/aromatic N) is 3. The second-order valence-electron chi connectivity index (χ2n) is 4.75. The molecule has 1 aromatic carbocycles. The van der Waals surface area contributed by atoms with Crippen LogP contribution in [0.15, 0.2) is 6.07 Å². The van der Waals surface area contributed by atoms with Crippen LogP contribution in [0.25, 0.3) is 11.0 Å². The molecule has 2 aromatic rings. The Morgan fingerprint density at radius 2 is 2.09 bits per heavy atom. The SMILES string of the molecule is CNc1nc2c(I)c(N)c(C(=O)OC)cc2n1S(=O)(=O)N(C)C. The number of methoxy groups -OCH3 is 1. The molecular formula is C12H16IN5O4S. The van der Waals surface area contributed by atoms with Crippen LogP contribution in [0.3, 0.4) is 0 Å². The summed E-state index contributed by atoms with van der Waals surface area (Å²) >= 11 is 1.93. The molecule has 0 atom stereocenters. The Balaban J connectivity index is 2.98. The molecule has 0 bridgehead atoms. The molecule has 11 heteroatoms. The van der Waals surface area contributed by atoms with Crippen LogP contribution in [-0.4, -0.2) is 55.9 Å². The Morgan fingerprint density at radius 3 is 2.57 bits per heavy atom. The second-order valence-corrected chi connectivity index (χ2v) is 7.82. The van der Waals surface area contributed by atoms with E-state index in [-0.39, 0.29) is 22.7 Å². The highest BCUT2D eigenvalue weighted by Crippen LogP contribution is 2.32. The molecule has 2 rings (SSSR count). The van der Waals surface area contributed by atoms with Gasteiger partial charge in [0.15, 0.2) is 0 Å². The molecule has 0 aliphatic rings. The number of anilines is 2. The van der Waals surface area contributed by atoms with Gasteiger partial charge < -0.3 is 15.8 Å². The lowest BCUT2D eigenvalue weighted by molar-refractivity contribution is 0.0602. The summed E-state index contributed by atoms with van der Waals surface area (Å²) in [5, 5.41) is 2.74. The molecule has 0 unspecified atom stereocenters. The van der Waals surface area contributed by atoms with Gasteiger partial charge in [0.2, 0.25) is 5.95 Å². The smallest absolute Gasteiger partial charge is 0.340 e. The lowest BCUT2D eigenvalue weighted by atomic mass is 10.1. The predicted molar refractivity (Wildman–Crippen MR) is 95.8 cm³/mol. The second kappa shape index (κ2) is 6.13. The van der Waals surface area contributed by atoms with E-state index in [0.717, 1.165) is 8.28 Å². The number of ether oxygens (including phenoxy) is 1. The van der Waals surface area contributed by atoms with Gasteiger partial charge in [-0.25, -0.2) is 9.78 Å². The van der Waals surface area contributed by atoms with Crippen molar-refractivity contribution in [1.82, 2.24) is 13.3 Å². The zero-order valence-corrected chi connectivity index (χ0v) is 15.9. The number of nitrogens with one attached hydrogen (secondary N) is 1. The summed E-state index contributed by atoms with van der Waals surface area (Å²) in [5.74, 6) is -0.531. The van der Waals surface area contributed by atoms with Crippen molar-refractivity contribution >= 4 is 61.4 Å².